The van der Waals surface area contributed by atoms with E-state index in [9.17, 15) is 0 Å². The molecule has 7 aromatic rings. The molecular formula is C40H36N4O2Pd. The van der Waals surface area contributed by atoms with Crippen molar-refractivity contribution in [3.05, 3.63) is 126 Å². The third kappa shape index (κ3) is 5.98. The van der Waals surface area contributed by atoms with E-state index >= 15 is 0 Å². The van der Waals surface area contributed by atoms with E-state index in [0.717, 1.165) is 61.3 Å². The molecule has 7 heteroatoms. The maximum Gasteiger partial charge on any atom is 2.00 e. The van der Waals surface area contributed by atoms with Crippen LogP contribution in [0.15, 0.2) is 91.1 Å². The van der Waals surface area contributed by atoms with Crippen LogP contribution in [0.2, 0.25) is 0 Å². The number of ether oxygens (including phenoxy) is 2. The van der Waals surface area contributed by atoms with Crippen LogP contribution in [0.4, 0.5) is 0 Å². The summed E-state index contributed by atoms with van der Waals surface area (Å²) in [5, 5.41) is 7.11. The molecule has 0 aliphatic carbocycles. The van der Waals surface area contributed by atoms with Crippen molar-refractivity contribution in [1.29, 1.82) is 0 Å². The summed E-state index contributed by atoms with van der Waals surface area (Å²) in [5.74, 6) is 2.64. The van der Waals surface area contributed by atoms with E-state index in [1.165, 1.54) is 5.56 Å². The molecule has 3 heterocycles. The van der Waals surface area contributed by atoms with Crippen molar-refractivity contribution < 1.29 is 29.9 Å². The van der Waals surface area contributed by atoms with Gasteiger partial charge in [-0.25, -0.2) is 9.67 Å². The average molecular weight is 711 g/mol. The molecule has 0 saturated heterocycles. The van der Waals surface area contributed by atoms with Gasteiger partial charge in [0.05, 0.1) is 18.4 Å². The van der Waals surface area contributed by atoms with E-state index in [0.29, 0.717) is 17.4 Å². The summed E-state index contributed by atoms with van der Waals surface area (Å²) >= 11 is 0. The standard InChI is InChI=1S/C40H36N4O2.Pd/c1-25-18-19-41-37(22-25)43-35-11-9-8-10-33(35)34-17-16-31(24-36(34)43)46-32-21-26(2)20-30(23-32)44-39(45-7)38(27(3)42-44)28-12-14-29(15-13-28)40(4,5)6;/h8-22H,1-7H3;/q-2;+2. The fourth-order valence-corrected chi connectivity index (χ4v) is 6.09. The number of aryl methyl sites for hydroxylation is 3. The van der Waals surface area contributed by atoms with Gasteiger partial charge in [-0.1, -0.05) is 75.7 Å². The van der Waals surface area contributed by atoms with Gasteiger partial charge in [-0.05, 0) is 65.2 Å². The van der Waals surface area contributed by atoms with Crippen LogP contribution in [0.25, 0.3) is 44.4 Å². The van der Waals surface area contributed by atoms with Crippen LogP contribution in [0.5, 0.6) is 17.4 Å². The average Bonchev–Trinajstić information content (AvgIpc) is 3.54. The molecule has 0 N–H and O–H groups in total. The van der Waals surface area contributed by atoms with E-state index < -0.39 is 0 Å². The Morgan fingerprint density at radius 3 is 2.26 bits per heavy atom. The number of aromatic nitrogens is 4. The Hall–Kier alpha value is -4.70. The van der Waals surface area contributed by atoms with Crippen LogP contribution in [-0.4, -0.2) is 26.4 Å². The van der Waals surface area contributed by atoms with Gasteiger partial charge in [0.25, 0.3) is 0 Å². The predicted octanol–water partition coefficient (Wildman–Crippen LogP) is 9.65. The molecular weight excluding hydrogens is 675 g/mol. The topological polar surface area (TPSA) is 54.1 Å². The summed E-state index contributed by atoms with van der Waals surface area (Å²) in [6.45, 7) is 12.8. The molecule has 0 unspecified atom stereocenters. The van der Waals surface area contributed by atoms with E-state index in [-0.39, 0.29) is 25.8 Å². The molecule has 0 saturated carbocycles. The quantitative estimate of drug-likeness (QED) is 0.127. The molecule has 0 bridgehead atoms. The van der Waals surface area contributed by atoms with Crippen LogP contribution < -0.4 is 9.47 Å². The largest absolute Gasteiger partial charge is 2.00 e. The Labute approximate surface area is 289 Å². The van der Waals surface area contributed by atoms with E-state index in [1.807, 2.05) is 50.4 Å². The Kier molecular flexibility index (Phi) is 8.57. The van der Waals surface area contributed by atoms with Gasteiger partial charge >= 0.3 is 20.4 Å². The summed E-state index contributed by atoms with van der Waals surface area (Å²) < 4.78 is 16.4. The molecule has 0 amide bonds. The number of rotatable bonds is 6. The second kappa shape index (κ2) is 12.5. The van der Waals surface area contributed by atoms with Crippen molar-refractivity contribution in [2.45, 2.75) is 47.0 Å². The molecule has 3 aromatic heterocycles. The second-order valence-corrected chi connectivity index (χ2v) is 12.8. The maximum atomic E-state index is 6.45. The molecule has 0 aliphatic rings. The number of fused-ring (bicyclic) bond motifs is 3. The van der Waals surface area contributed by atoms with Gasteiger partial charge < -0.3 is 14.0 Å². The minimum Gasteiger partial charge on any atom is -0.509 e. The monoisotopic (exact) mass is 710 g/mol. The summed E-state index contributed by atoms with van der Waals surface area (Å²) in [4.78, 5) is 4.69. The third-order valence-corrected chi connectivity index (χ3v) is 8.36. The smallest absolute Gasteiger partial charge is 0.509 e. The molecule has 7 rings (SSSR count). The van der Waals surface area contributed by atoms with Crippen molar-refractivity contribution in [3.8, 4) is 40.0 Å². The summed E-state index contributed by atoms with van der Waals surface area (Å²) in [6, 6.07) is 36.1. The van der Waals surface area contributed by atoms with E-state index in [2.05, 4.69) is 104 Å². The number of methoxy groups -OCH3 is 1. The molecule has 0 radical (unpaired) electrons. The minimum absolute atomic E-state index is 0. The molecule has 4 aromatic carbocycles. The van der Waals surface area contributed by atoms with Crippen molar-refractivity contribution in [1.82, 2.24) is 19.3 Å². The van der Waals surface area contributed by atoms with Crippen molar-refractivity contribution >= 4 is 21.8 Å². The number of nitrogens with zero attached hydrogens (tertiary/aromatic N) is 4. The first kappa shape index (κ1) is 32.3. The molecule has 6 nitrogen and oxygen atoms in total. The zero-order chi connectivity index (χ0) is 32.2. The molecule has 0 atom stereocenters. The first-order valence-electron chi connectivity index (χ1n) is 15.5. The zero-order valence-corrected chi connectivity index (χ0v) is 29.1. The molecule has 238 valence electrons. The second-order valence-electron chi connectivity index (χ2n) is 12.8. The van der Waals surface area contributed by atoms with Crippen LogP contribution in [0.3, 0.4) is 0 Å². The van der Waals surface area contributed by atoms with Crippen LogP contribution >= 0.6 is 0 Å². The Morgan fingerprint density at radius 1 is 0.766 bits per heavy atom. The van der Waals surface area contributed by atoms with Crippen molar-refractivity contribution in [2.24, 2.45) is 0 Å². The number of pyridine rings is 1. The number of benzene rings is 4. The summed E-state index contributed by atoms with van der Waals surface area (Å²) in [7, 11) is 1.68. The Morgan fingerprint density at radius 2 is 1.53 bits per heavy atom. The number of hydrogen-bond acceptors (Lipinski definition) is 4. The Balaban J connectivity index is 0.00000386. The SMILES string of the molecule is COc1c(-c2ccc(C(C)(C)C)cc2)c(C)nn1-c1[c-]c(Oc2[c-]c3c(cc2)c2ccccc2n3-c2cc(C)ccn2)cc(C)c1.[Pd+2]. The summed E-state index contributed by atoms with van der Waals surface area (Å²) in [6.07, 6.45) is 1.84. The predicted molar refractivity (Wildman–Crippen MR) is 185 cm³/mol. The zero-order valence-electron chi connectivity index (χ0n) is 27.6. The van der Waals surface area contributed by atoms with Crippen LogP contribution in [0.1, 0.15) is 43.2 Å². The maximum absolute atomic E-state index is 6.45. The molecule has 47 heavy (non-hydrogen) atoms. The first-order valence-corrected chi connectivity index (χ1v) is 15.5. The molecule has 0 aliphatic heterocycles. The van der Waals surface area contributed by atoms with Gasteiger partial charge in [0.1, 0.15) is 5.82 Å². The Bertz CT molecular complexity index is 2240. The summed E-state index contributed by atoms with van der Waals surface area (Å²) in [5.41, 5.74) is 9.07. The van der Waals surface area contributed by atoms with Gasteiger partial charge in [0, 0.05) is 23.2 Å². The fourth-order valence-electron chi connectivity index (χ4n) is 6.09. The third-order valence-electron chi connectivity index (χ3n) is 8.36. The van der Waals surface area contributed by atoms with Gasteiger partial charge in [-0.15, -0.1) is 35.7 Å². The normalized spacial score (nSPS) is 11.6. The minimum atomic E-state index is 0. The van der Waals surface area contributed by atoms with Gasteiger partial charge in [0.15, 0.2) is 0 Å². The molecule has 0 spiro atoms. The fraction of sp³-hybridized carbons (Fsp3) is 0.200. The van der Waals surface area contributed by atoms with E-state index in [1.54, 1.807) is 11.8 Å². The molecule has 0 fully saturated rings. The van der Waals surface area contributed by atoms with Crippen LogP contribution in [0, 0.1) is 32.9 Å². The van der Waals surface area contributed by atoms with Gasteiger partial charge in [0.2, 0.25) is 5.88 Å². The van der Waals surface area contributed by atoms with Crippen molar-refractivity contribution in [3.63, 3.8) is 0 Å². The number of para-hydroxylation sites is 1. The first-order chi connectivity index (χ1) is 22.1. The number of hydrogen-bond donors (Lipinski definition) is 0. The van der Waals surface area contributed by atoms with Crippen LogP contribution in [-0.2, 0) is 25.8 Å². The van der Waals surface area contributed by atoms with Gasteiger partial charge in [-0.2, -0.15) is 16.7 Å². The van der Waals surface area contributed by atoms with E-state index in [4.69, 9.17) is 14.6 Å². The van der Waals surface area contributed by atoms with Crippen molar-refractivity contribution in [2.75, 3.05) is 7.11 Å². The van der Waals surface area contributed by atoms with Gasteiger partial charge in [-0.3, -0.25) is 0 Å².